The van der Waals surface area contributed by atoms with E-state index in [0.29, 0.717) is 18.4 Å². The Labute approximate surface area is 122 Å². The van der Waals surface area contributed by atoms with Crippen LogP contribution in [-0.2, 0) is 14.3 Å². The fourth-order valence-electron chi connectivity index (χ4n) is 3.40. The second kappa shape index (κ2) is 6.41. The number of hydrogen-bond acceptors (Lipinski definition) is 5. The summed E-state index contributed by atoms with van der Waals surface area (Å²) in [7, 11) is 5.12. The van der Waals surface area contributed by atoms with E-state index in [1.54, 1.807) is 7.11 Å². The van der Waals surface area contributed by atoms with Crippen molar-refractivity contribution in [1.82, 2.24) is 10.2 Å². The fourth-order valence-corrected chi connectivity index (χ4v) is 3.40. The molecule has 2 rings (SSSR count). The van der Waals surface area contributed by atoms with Crippen molar-refractivity contribution in [2.75, 3.05) is 40.9 Å². The molecule has 0 spiro atoms. The van der Waals surface area contributed by atoms with Gasteiger partial charge in [0.15, 0.2) is 0 Å². The Morgan fingerprint density at radius 3 is 2.55 bits per heavy atom. The van der Waals surface area contributed by atoms with E-state index in [0.717, 1.165) is 32.4 Å². The number of hydrogen-bond donors (Lipinski definition) is 1. The molecule has 0 aromatic heterocycles. The van der Waals surface area contributed by atoms with Crippen LogP contribution < -0.4 is 5.32 Å². The third kappa shape index (κ3) is 3.00. The number of nitrogens with zero attached hydrogens (tertiary/aromatic N) is 1. The van der Waals surface area contributed by atoms with E-state index < -0.39 is 5.54 Å². The van der Waals surface area contributed by atoms with Crippen LogP contribution in [0.2, 0.25) is 0 Å². The topological polar surface area (TPSA) is 50.8 Å². The first-order chi connectivity index (χ1) is 9.57. The molecular weight excluding hydrogens is 256 g/mol. The highest BCUT2D eigenvalue weighted by atomic mass is 16.5. The van der Waals surface area contributed by atoms with E-state index in [2.05, 4.69) is 17.1 Å². The highest BCUT2D eigenvalue weighted by Crippen LogP contribution is 2.41. The fraction of sp³-hybridized carbons (Fsp3) is 0.933. The van der Waals surface area contributed by atoms with Crippen molar-refractivity contribution in [2.24, 2.45) is 11.8 Å². The zero-order chi connectivity index (χ0) is 14.8. The van der Waals surface area contributed by atoms with E-state index in [9.17, 15) is 4.79 Å². The minimum Gasteiger partial charge on any atom is -0.468 e. The summed E-state index contributed by atoms with van der Waals surface area (Å²) in [5, 5.41) is 3.26. The van der Waals surface area contributed by atoms with Gasteiger partial charge in [-0.05, 0) is 44.7 Å². The SMILES string of the molecule is CNC(CN1CCC(C)C(OC)C1)(C(=O)OC)C1CC1. The van der Waals surface area contributed by atoms with Crippen LogP contribution >= 0.6 is 0 Å². The van der Waals surface area contributed by atoms with Gasteiger partial charge in [-0.2, -0.15) is 0 Å². The molecule has 1 heterocycles. The molecule has 5 heteroatoms. The Morgan fingerprint density at radius 2 is 2.05 bits per heavy atom. The number of carbonyl (C=O) groups is 1. The van der Waals surface area contributed by atoms with Crippen LogP contribution in [0.1, 0.15) is 26.2 Å². The maximum absolute atomic E-state index is 12.3. The third-order valence-electron chi connectivity index (χ3n) is 5.02. The lowest BCUT2D eigenvalue weighted by atomic mass is 9.89. The zero-order valence-electron chi connectivity index (χ0n) is 13.1. The summed E-state index contributed by atoms with van der Waals surface area (Å²) in [6.07, 6.45) is 3.58. The van der Waals surface area contributed by atoms with Crippen LogP contribution in [0, 0.1) is 11.8 Å². The summed E-state index contributed by atoms with van der Waals surface area (Å²) >= 11 is 0. The van der Waals surface area contributed by atoms with Crippen LogP contribution in [-0.4, -0.2) is 63.4 Å². The largest absolute Gasteiger partial charge is 0.468 e. The van der Waals surface area contributed by atoms with Gasteiger partial charge in [0.05, 0.1) is 13.2 Å². The van der Waals surface area contributed by atoms with Crippen LogP contribution in [0.25, 0.3) is 0 Å². The van der Waals surface area contributed by atoms with Crippen molar-refractivity contribution < 1.29 is 14.3 Å². The van der Waals surface area contributed by atoms with E-state index in [1.165, 1.54) is 7.11 Å². The smallest absolute Gasteiger partial charge is 0.327 e. The van der Waals surface area contributed by atoms with Crippen molar-refractivity contribution in [3.05, 3.63) is 0 Å². The molecule has 0 amide bonds. The Bertz CT molecular complexity index is 346. The van der Waals surface area contributed by atoms with E-state index in [1.807, 2.05) is 7.05 Å². The Morgan fingerprint density at radius 1 is 1.35 bits per heavy atom. The van der Waals surface area contributed by atoms with Gasteiger partial charge in [-0.3, -0.25) is 4.90 Å². The number of piperidine rings is 1. The molecule has 1 aliphatic heterocycles. The number of ether oxygens (including phenoxy) is 2. The summed E-state index contributed by atoms with van der Waals surface area (Å²) in [5.74, 6) is 0.856. The first-order valence-corrected chi connectivity index (χ1v) is 7.60. The second-order valence-corrected chi connectivity index (χ2v) is 6.26. The quantitative estimate of drug-likeness (QED) is 0.734. The van der Waals surface area contributed by atoms with Gasteiger partial charge in [0, 0.05) is 20.2 Å². The number of rotatable bonds is 6. The molecule has 1 aliphatic carbocycles. The predicted molar refractivity (Wildman–Crippen MR) is 77.5 cm³/mol. The summed E-state index contributed by atoms with van der Waals surface area (Å²) in [4.78, 5) is 14.6. The Balaban J connectivity index is 2.06. The molecular formula is C15H28N2O3. The number of methoxy groups -OCH3 is 2. The minimum absolute atomic E-state index is 0.130. The third-order valence-corrected chi connectivity index (χ3v) is 5.02. The molecule has 0 aromatic rings. The van der Waals surface area contributed by atoms with Crippen LogP contribution in [0.4, 0.5) is 0 Å². The Hall–Kier alpha value is -0.650. The lowest BCUT2D eigenvalue weighted by molar-refractivity contribution is -0.151. The maximum atomic E-state index is 12.3. The van der Waals surface area contributed by atoms with Gasteiger partial charge in [0.2, 0.25) is 0 Å². The van der Waals surface area contributed by atoms with Crippen molar-refractivity contribution in [3.8, 4) is 0 Å². The first kappa shape index (κ1) is 15.7. The van der Waals surface area contributed by atoms with Gasteiger partial charge >= 0.3 is 5.97 Å². The van der Waals surface area contributed by atoms with E-state index >= 15 is 0 Å². The highest BCUT2D eigenvalue weighted by Gasteiger charge is 2.52. The van der Waals surface area contributed by atoms with Crippen LogP contribution in [0.3, 0.4) is 0 Å². The number of esters is 1. The molecule has 1 saturated carbocycles. The highest BCUT2D eigenvalue weighted by molar-refractivity contribution is 5.82. The molecule has 0 aromatic carbocycles. The summed E-state index contributed by atoms with van der Waals surface area (Å²) in [5.41, 5.74) is -0.548. The number of carbonyl (C=O) groups excluding carboxylic acids is 1. The monoisotopic (exact) mass is 284 g/mol. The molecule has 0 radical (unpaired) electrons. The van der Waals surface area contributed by atoms with Crippen molar-refractivity contribution in [1.29, 1.82) is 0 Å². The minimum atomic E-state index is -0.548. The van der Waals surface area contributed by atoms with Crippen molar-refractivity contribution in [3.63, 3.8) is 0 Å². The van der Waals surface area contributed by atoms with Crippen molar-refractivity contribution in [2.45, 2.75) is 37.8 Å². The second-order valence-electron chi connectivity index (χ2n) is 6.26. The molecule has 3 atom stereocenters. The zero-order valence-corrected chi connectivity index (χ0v) is 13.1. The molecule has 2 aliphatic rings. The molecule has 20 heavy (non-hydrogen) atoms. The van der Waals surface area contributed by atoms with Gasteiger partial charge in [-0.1, -0.05) is 6.92 Å². The molecule has 5 nitrogen and oxygen atoms in total. The maximum Gasteiger partial charge on any atom is 0.327 e. The molecule has 0 bridgehead atoms. The number of likely N-dealkylation sites (N-methyl/N-ethyl adjacent to an activating group) is 1. The van der Waals surface area contributed by atoms with E-state index in [4.69, 9.17) is 9.47 Å². The molecule has 1 saturated heterocycles. The average Bonchev–Trinajstić information content (AvgIpc) is 3.30. The van der Waals surface area contributed by atoms with Gasteiger partial charge < -0.3 is 14.8 Å². The van der Waals surface area contributed by atoms with Gasteiger partial charge in [0.25, 0.3) is 0 Å². The first-order valence-electron chi connectivity index (χ1n) is 7.60. The normalized spacial score (nSPS) is 30.8. The number of likely N-dealkylation sites (tertiary alicyclic amines) is 1. The lowest BCUT2D eigenvalue weighted by Crippen LogP contribution is -2.61. The van der Waals surface area contributed by atoms with Gasteiger partial charge in [0.1, 0.15) is 5.54 Å². The predicted octanol–water partition coefficient (Wildman–Crippen LogP) is 0.884. The molecule has 116 valence electrons. The molecule has 2 fully saturated rings. The standard InChI is InChI=1S/C15H28N2O3/c1-11-7-8-17(9-13(11)19-3)10-15(16-2,12-5-6-12)14(18)20-4/h11-13,16H,5-10H2,1-4H3. The van der Waals surface area contributed by atoms with Crippen LogP contribution in [0.15, 0.2) is 0 Å². The lowest BCUT2D eigenvalue weighted by Gasteiger charge is -2.41. The van der Waals surface area contributed by atoms with Gasteiger partial charge in [-0.15, -0.1) is 0 Å². The molecule has 3 unspecified atom stereocenters. The van der Waals surface area contributed by atoms with Crippen LogP contribution in [0.5, 0.6) is 0 Å². The van der Waals surface area contributed by atoms with Gasteiger partial charge in [-0.25, -0.2) is 4.79 Å². The average molecular weight is 284 g/mol. The number of nitrogens with one attached hydrogen (secondary N) is 1. The Kier molecular flexibility index (Phi) is 5.04. The van der Waals surface area contributed by atoms with E-state index in [-0.39, 0.29) is 12.1 Å². The van der Waals surface area contributed by atoms with Crippen molar-refractivity contribution >= 4 is 5.97 Å². The summed E-state index contributed by atoms with van der Waals surface area (Å²) in [6, 6.07) is 0. The summed E-state index contributed by atoms with van der Waals surface area (Å²) in [6.45, 7) is 4.87. The molecule has 1 N–H and O–H groups in total. The summed E-state index contributed by atoms with van der Waals surface area (Å²) < 4.78 is 10.6.